The van der Waals surface area contributed by atoms with E-state index in [1.54, 1.807) is 45.2 Å². The van der Waals surface area contributed by atoms with Crippen LogP contribution in [-0.4, -0.2) is 40.7 Å². The molecule has 0 aliphatic heterocycles. The Morgan fingerprint density at radius 2 is 1.83 bits per heavy atom. The highest BCUT2D eigenvalue weighted by atomic mass is 16.5. The van der Waals surface area contributed by atoms with Crippen LogP contribution in [0.2, 0.25) is 0 Å². The van der Waals surface area contributed by atoms with Gasteiger partial charge in [-0.2, -0.15) is 0 Å². The summed E-state index contributed by atoms with van der Waals surface area (Å²) in [5.74, 6) is -0.936. The Bertz CT molecular complexity index is 1070. The Hall–Kier alpha value is -3.48. The Labute approximate surface area is 168 Å². The number of methoxy groups -OCH3 is 1. The summed E-state index contributed by atoms with van der Waals surface area (Å²) in [7, 11) is 1.34. The number of ether oxygens (including phenoxy) is 2. The Morgan fingerprint density at radius 1 is 1.10 bits per heavy atom. The second-order valence-corrected chi connectivity index (χ2v) is 7.40. The maximum absolute atomic E-state index is 11.7. The van der Waals surface area contributed by atoms with Gasteiger partial charge in [0, 0.05) is 28.9 Å². The summed E-state index contributed by atoms with van der Waals surface area (Å²) in [4.78, 5) is 31.9. The van der Waals surface area contributed by atoms with Crippen molar-refractivity contribution in [2.45, 2.75) is 20.8 Å². The second kappa shape index (κ2) is 7.87. The zero-order valence-corrected chi connectivity index (χ0v) is 16.7. The van der Waals surface area contributed by atoms with Crippen molar-refractivity contribution in [3.8, 4) is 17.0 Å². The van der Waals surface area contributed by atoms with E-state index in [-0.39, 0.29) is 18.1 Å². The van der Waals surface area contributed by atoms with E-state index in [1.165, 1.54) is 7.11 Å². The van der Waals surface area contributed by atoms with Gasteiger partial charge < -0.3 is 14.6 Å². The van der Waals surface area contributed by atoms with Gasteiger partial charge in [0.25, 0.3) is 0 Å². The van der Waals surface area contributed by atoms with Crippen molar-refractivity contribution in [3.05, 3.63) is 53.9 Å². The fourth-order valence-electron chi connectivity index (χ4n) is 2.94. The first-order chi connectivity index (χ1) is 13.7. The number of carbonyl (C=O) groups is 2. The minimum absolute atomic E-state index is 0.142. The molecule has 2 aromatic heterocycles. The number of nitrogens with zero attached hydrogens (tertiary/aromatic N) is 2. The van der Waals surface area contributed by atoms with Gasteiger partial charge in [-0.05, 0) is 44.5 Å². The monoisotopic (exact) mass is 394 g/mol. The number of benzene rings is 1. The van der Waals surface area contributed by atoms with E-state index in [2.05, 4.69) is 9.97 Å². The van der Waals surface area contributed by atoms with Gasteiger partial charge in [0.2, 0.25) is 5.88 Å². The molecular formula is C22H22N2O5. The molecule has 3 rings (SSSR count). The minimum atomic E-state index is -0.980. The molecule has 0 bridgehead atoms. The summed E-state index contributed by atoms with van der Waals surface area (Å²) in [6.07, 6.45) is 1.66. The summed E-state index contributed by atoms with van der Waals surface area (Å²) in [6.45, 7) is 5.39. The third kappa shape index (κ3) is 4.34. The average molecular weight is 394 g/mol. The van der Waals surface area contributed by atoms with Gasteiger partial charge in [-0.1, -0.05) is 12.1 Å². The highest BCUT2D eigenvalue weighted by Gasteiger charge is 2.29. The summed E-state index contributed by atoms with van der Waals surface area (Å²) < 4.78 is 10.4. The quantitative estimate of drug-likeness (QED) is 0.633. The molecule has 2 heterocycles. The summed E-state index contributed by atoms with van der Waals surface area (Å²) in [5.41, 5.74) is 2.41. The molecule has 29 heavy (non-hydrogen) atoms. The number of rotatable bonds is 6. The van der Waals surface area contributed by atoms with Crippen LogP contribution in [0.25, 0.3) is 22.0 Å². The first-order valence-electron chi connectivity index (χ1n) is 9.03. The molecule has 0 fully saturated rings. The van der Waals surface area contributed by atoms with Crippen molar-refractivity contribution < 1.29 is 24.2 Å². The fourth-order valence-corrected chi connectivity index (χ4v) is 2.94. The first-order valence-corrected chi connectivity index (χ1v) is 9.03. The number of hydrogen-bond acceptors (Lipinski definition) is 6. The lowest BCUT2D eigenvalue weighted by Gasteiger charge is -2.21. The van der Waals surface area contributed by atoms with Gasteiger partial charge in [0.05, 0.1) is 23.6 Å². The van der Waals surface area contributed by atoms with Crippen LogP contribution >= 0.6 is 0 Å². The van der Waals surface area contributed by atoms with E-state index in [9.17, 15) is 14.7 Å². The van der Waals surface area contributed by atoms with Crippen LogP contribution in [0.5, 0.6) is 5.88 Å². The molecule has 3 aromatic rings. The third-order valence-electron chi connectivity index (χ3n) is 4.56. The van der Waals surface area contributed by atoms with Crippen LogP contribution < -0.4 is 4.74 Å². The summed E-state index contributed by atoms with van der Waals surface area (Å²) in [6, 6.07) is 10.6. The number of pyridine rings is 2. The molecule has 0 saturated heterocycles. The summed E-state index contributed by atoms with van der Waals surface area (Å²) in [5, 5.41) is 9.99. The second-order valence-electron chi connectivity index (χ2n) is 7.40. The van der Waals surface area contributed by atoms with E-state index in [4.69, 9.17) is 9.47 Å². The number of carboxylic acids is 1. The lowest BCUT2D eigenvalue weighted by atomic mass is 9.95. The van der Waals surface area contributed by atoms with Gasteiger partial charge in [-0.15, -0.1) is 0 Å². The third-order valence-corrected chi connectivity index (χ3v) is 4.56. The van der Waals surface area contributed by atoms with Crippen LogP contribution in [0, 0.1) is 12.3 Å². The molecule has 0 atom stereocenters. The number of aromatic carboxylic acids is 1. The Balaban J connectivity index is 1.84. The van der Waals surface area contributed by atoms with Crippen LogP contribution in [-0.2, 0) is 9.53 Å². The van der Waals surface area contributed by atoms with Crippen molar-refractivity contribution >= 4 is 22.8 Å². The van der Waals surface area contributed by atoms with E-state index in [0.717, 1.165) is 11.1 Å². The predicted octanol–water partition coefficient (Wildman–Crippen LogP) is 3.88. The van der Waals surface area contributed by atoms with Gasteiger partial charge >= 0.3 is 11.9 Å². The molecule has 0 amide bonds. The van der Waals surface area contributed by atoms with E-state index >= 15 is 0 Å². The van der Waals surface area contributed by atoms with Crippen LogP contribution in [0.4, 0.5) is 0 Å². The van der Waals surface area contributed by atoms with Crippen LogP contribution in [0.3, 0.4) is 0 Å². The molecule has 7 nitrogen and oxygen atoms in total. The van der Waals surface area contributed by atoms with Gasteiger partial charge in [0.1, 0.15) is 6.61 Å². The number of fused-ring (bicyclic) bond motifs is 1. The molecule has 150 valence electrons. The molecule has 1 aromatic carbocycles. The van der Waals surface area contributed by atoms with Gasteiger partial charge in [-0.3, -0.25) is 9.78 Å². The van der Waals surface area contributed by atoms with Crippen LogP contribution in [0.1, 0.15) is 29.9 Å². The smallest absolute Gasteiger partial charge is 0.336 e. The van der Waals surface area contributed by atoms with Crippen molar-refractivity contribution in [2.24, 2.45) is 5.41 Å². The molecule has 1 N–H and O–H groups in total. The SMILES string of the molecule is COC(=O)C(C)(C)COc1ccc(-c2ccc3c(C(=O)O)cc(C)nc3c2)cn1. The Kier molecular flexibility index (Phi) is 5.50. The molecule has 7 heteroatoms. The normalized spacial score (nSPS) is 11.3. The number of hydrogen-bond donors (Lipinski definition) is 1. The maximum atomic E-state index is 11.7. The van der Waals surface area contributed by atoms with Gasteiger partial charge in [0.15, 0.2) is 0 Å². The molecule has 0 saturated carbocycles. The molecule has 0 unspecified atom stereocenters. The standard InChI is InChI=1S/C22H22N2O5/c1-13-9-17(20(25)26)16-7-5-14(10-18(16)24-13)15-6-8-19(23-11-15)29-12-22(2,3)21(27)28-4/h5-11H,12H2,1-4H3,(H,25,26). The number of carboxylic acid groups (broad SMARTS) is 1. The topological polar surface area (TPSA) is 98.6 Å². The number of carbonyl (C=O) groups excluding carboxylic acids is 1. The highest BCUT2D eigenvalue weighted by Crippen LogP contribution is 2.27. The number of aryl methyl sites for hydroxylation is 1. The van der Waals surface area contributed by atoms with Crippen molar-refractivity contribution in [1.29, 1.82) is 0 Å². The van der Waals surface area contributed by atoms with Crippen LogP contribution in [0.15, 0.2) is 42.6 Å². The first kappa shape index (κ1) is 20.3. The largest absolute Gasteiger partial charge is 0.478 e. The van der Waals surface area contributed by atoms with Gasteiger partial charge in [-0.25, -0.2) is 9.78 Å². The average Bonchev–Trinajstić information content (AvgIpc) is 2.70. The lowest BCUT2D eigenvalue weighted by molar-refractivity contribution is -0.152. The zero-order valence-electron chi connectivity index (χ0n) is 16.7. The molecular weight excluding hydrogens is 372 g/mol. The van der Waals surface area contributed by atoms with Crippen molar-refractivity contribution in [2.75, 3.05) is 13.7 Å². The maximum Gasteiger partial charge on any atom is 0.336 e. The lowest BCUT2D eigenvalue weighted by Crippen LogP contribution is -2.32. The number of aromatic nitrogens is 2. The molecule has 0 radical (unpaired) electrons. The van der Waals surface area contributed by atoms with E-state index in [0.29, 0.717) is 22.5 Å². The predicted molar refractivity (Wildman–Crippen MR) is 108 cm³/mol. The van der Waals surface area contributed by atoms with E-state index in [1.807, 2.05) is 18.2 Å². The minimum Gasteiger partial charge on any atom is -0.478 e. The summed E-state index contributed by atoms with van der Waals surface area (Å²) >= 11 is 0. The molecule has 0 aliphatic carbocycles. The zero-order chi connectivity index (χ0) is 21.2. The molecule has 0 spiro atoms. The van der Waals surface area contributed by atoms with Crippen molar-refractivity contribution in [3.63, 3.8) is 0 Å². The van der Waals surface area contributed by atoms with E-state index < -0.39 is 11.4 Å². The van der Waals surface area contributed by atoms with Crippen molar-refractivity contribution in [1.82, 2.24) is 9.97 Å². The number of esters is 1. The Morgan fingerprint density at radius 3 is 2.45 bits per heavy atom. The highest BCUT2D eigenvalue weighted by molar-refractivity contribution is 6.03. The molecule has 0 aliphatic rings. The fraction of sp³-hybridized carbons (Fsp3) is 0.273.